The van der Waals surface area contributed by atoms with Gasteiger partial charge in [0.1, 0.15) is 36.0 Å². The van der Waals surface area contributed by atoms with E-state index in [1.165, 1.54) is 47.7 Å². The topological polar surface area (TPSA) is 124 Å². The van der Waals surface area contributed by atoms with Gasteiger partial charge in [0.15, 0.2) is 0 Å². The number of hydrogen-bond donors (Lipinski definition) is 1. The van der Waals surface area contributed by atoms with Gasteiger partial charge in [0, 0.05) is 43.4 Å². The van der Waals surface area contributed by atoms with Gasteiger partial charge in [0.05, 0.1) is 17.0 Å². The van der Waals surface area contributed by atoms with Crippen LogP contribution < -0.4 is 0 Å². The number of likely N-dealkylation sites (tertiary alicyclic amines) is 1. The summed E-state index contributed by atoms with van der Waals surface area (Å²) in [6.45, 7) is 0.808. The van der Waals surface area contributed by atoms with E-state index < -0.39 is 34.2 Å². The quantitative estimate of drug-likeness (QED) is 0.292. The Morgan fingerprint density at radius 2 is 1.97 bits per heavy atom. The molecular formula is C23H23F2N5O5. The Balaban J connectivity index is 1.41. The monoisotopic (exact) mass is 487 g/mol. The Labute approximate surface area is 198 Å². The van der Waals surface area contributed by atoms with Crippen molar-refractivity contribution in [2.75, 3.05) is 19.6 Å². The second kappa shape index (κ2) is 10.2. The number of aliphatic hydroxyl groups is 1. The van der Waals surface area contributed by atoms with Crippen molar-refractivity contribution in [3.8, 4) is 0 Å². The molecule has 2 heterocycles. The number of aromatic nitrogens is 3. The number of halogens is 2. The Morgan fingerprint density at radius 3 is 2.63 bits per heavy atom. The molecule has 1 aliphatic heterocycles. The largest absolute Gasteiger partial charge is 0.459 e. The fraction of sp³-hybridized carbons (Fsp3) is 0.348. The number of carbonyl (C=O) groups is 1. The van der Waals surface area contributed by atoms with Crippen molar-refractivity contribution in [3.63, 3.8) is 0 Å². The van der Waals surface area contributed by atoms with Crippen LogP contribution in [-0.4, -0.2) is 61.4 Å². The van der Waals surface area contributed by atoms with Gasteiger partial charge in [-0.2, -0.15) is 5.10 Å². The van der Waals surface area contributed by atoms with Crippen molar-refractivity contribution in [1.29, 1.82) is 0 Å². The first kappa shape index (κ1) is 24.4. The minimum atomic E-state index is -1.72. The molecule has 0 bridgehead atoms. The van der Waals surface area contributed by atoms with E-state index >= 15 is 0 Å². The van der Waals surface area contributed by atoms with Gasteiger partial charge in [-0.05, 0) is 25.0 Å². The van der Waals surface area contributed by atoms with Crippen molar-refractivity contribution in [1.82, 2.24) is 19.7 Å². The van der Waals surface area contributed by atoms with Gasteiger partial charge in [-0.25, -0.2) is 23.2 Å². The lowest BCUT2D eigenvalue weighted by Crippen LogP contribution is -2.48. The molecule has 184 valence electrons. The van der Waals surface area contributed by atoms with E-state index in [-0.39, 0.29) is 29.9 Å². The normalized spacial score (nSPS) is 16.5. The van der Waals surface area contributed by atoms with Crippen LogP contribution in [0.2, 0.25) is 0 Å². The standard InChI is InChI=1S/C23H23F2N5O5/c24-17-4-5-20(21(25)11-17)23(32,13-29-15-26-14-27-29)12-28-8-6-19(7-9-28)35-22(31)16-2-1-3-18(10-16)30(33)34/h1-5,10-11,14-15,19,32H,6-9,12-13H2. The molecule has 1 fully saturated rings. The molecule has 0 radical (unpaired) electrons. The number of β-amino-alcohol motifs (C(OH)–C–C–N with tert-alkyl or cyclic N) is 1. The fourth-order valence-electron chi connectivity index (χ4n) is 4.19. The zero-order valence-corrected chi connectivity index (χ0v) is 18.6. The van der Waals surface area contributed by atoms with Crippen LogP contribution in [0.5, 0.6) is 0 Å². The highest BCUT2D eigenvalue weighted by atomic mass is 19.1. The van der Waals surface area contributed by atoms with Crippen molar-refractivity contribution in [2.45, 2.75) is 31.1 Å². The first-order valence-corrected chi connectivity index (χ1v) is 10.9. The van der Waals surface area contributed by atoms with Crippen molar-refractivity contribution in [3.05, 3.63) is 88.0 Å². The van der Waals surface area contributed by atoms with E-state index in [2.05, 4.69) is 10.1 Å². The number of ether oxygens (including phenoxy) is 1. The van der Waals surface area contributed by atoms with E-state index in [0.717, 1.165) is 12.1 Å². The Morgan fingerprint density at radius 1 is 1.20 bits per heavy atom. The van der Waals surface area contributed by atoms with Crippen molar-refractivity contribution < 1.29 is 28.3 Å². The maximum atomic E-state index is 14.6. The van der Waals surface area contributed by atoms with Crippen LogP contribution in [0, 0.1) is 21.7 Å². The summed E-state index contributed by atoms with van der Waals surface area (Å²) in [4.78, 5) is 28.5. The van der Waals surface area contributed by atoms with E-state index in [1.54, 1.807) is 0 Å². The van der Waals surface area contributed by atoms with E-state index in [4.69, 9.17) is 4.74 Å². The van der Waals surface area contributed by atoms with Gasteiger partial charge in [0.25, 0.3) is 5.69 Å². The summed E-state index contributed by atoms with van der Waals surface area (Å²) in [5.41, 5.74) is -1.89. The highest BCUT2D eigenvalue weighted by molar-refractivity contribution is 5.90. The molecule has 1 saturated heterocycles. The highest BCUT2D eigenvalue weighted by Crippen LogP contribution is 2.29. The molecule has 0 spiro atoms. The van der Waals surface area contributed by atoms with Crippen LogP contribution in [0.1, 0.15) is 28.8 Å². The molecule has 0 saturated carbocycles. The third-order valence-corrected chi connectivity index (χ3v) is 5.91. The number of nitro benzene ring substituents is 1. The molecular weight excluding hydrogens is 464 g/mol. The first-order valence-electron chi connectivity index (χ1n) is 10.9. The maximum Gasteiger partial charge on any atom is 0.338 e. The maximum absolute atomic E-state index is 14.6. The molecule has 0 aliphatic carbocycles. The zero-order chi connectivity index (χ0) is 25.0. The van der Waals surface area contributed by atoms with Crippen LogP contribution in [0.25, 0.3) is 0 Å². The number of hydrogen-bond acceptors (Lipinski definition) is 8. The van der Waals surface area contributed by atoms with E-state index in [0.29, 0.717) is 25.9 Å². The van der Waals surface area contributed by atoms with Crippen LogP contribution in [0.3, 0.4) is 0 Å². The second-order valence-corrected chi connectivity index (χ2v) is 8.44. The predicted octanol–water partition coefficient (Wildman–Crippen LogP) is 2.67. The van der Waals surface area contributed by atoms with Gasteiger partial charge in [-0.15, -0.1) is 0 Å². The third-order valence-electron chi connectivity index (χ3n) is 5.91. The van der Waals surface area contributed by atoms with Gasteiger partial charge < -0.3 is 9.84 Å². The van der Waals surface area contributed by atoms with Gasteiger partial charge in [0.2, 0.25) is 0 Å². The van der Waals surface area contributed by atoms with Gasteiger partial charge in [-0.1, -0.05) is 12.1 Å². The summed E-state index contributed by atoms with van der Waals surface area (Å²) in [6.07, 6.45) is 3.18. The Hall–Kier alpha value is -3.77. The number of rotatable bonds is 8. The number of nitro groups is 1. The molecule has 1 aromatic heterocycles. The number of benzene rings is 2. The highest BCUT2D eigenvalue weighted by Gasteiger charge is 2.37. The van der Waals surface area contributed by atoms with Crippen LogP contribution >= 0.6 is 0 Å². The zero-order valence-electron chi connectivity index (χ0n) is 18.6. The van der Waals surface area contributed by atoms with Crippen molar-refractivity contribution in [2.24, 2.45) is 0 Å². The molecule has 0 amide bonds. The predicted molar refractivity (Wildman–Crippen MR) is 118 cm³/mol. The summed E-state index contributed by atoms with van der Waals surface area (Å²) < 4.78 is 35.0. The minimum Gasteiger partial charge on any atom is -0.459 e. The minimum absolute atomic E-state index is 0.0287. The average Bonchev–Trinajstić information content (AvgIpc) is 3.33. The lowest BCUT2D eigenvalue weighted by Gasteiger charge is -2.38. The lowest BCUT2D eigenvalue weighted by atomic mass is 9.91. The van der Waals surface area contributed by atoms with Gasteiger partial charge >= 0.3 is 5.97 Å². The molecule has 1 aliphatic rings. The van der Waals surface area contributed by atoms with Crippen LogP contribution in [-0.2, 0) is 16.9 Å². The van der Waals surface area contributed by atoms with E-state index in [9.17, 15) is 28.8 Å². The Bertz CT molecular complexity index is 1200. The summed E-state index contributed by atoms with van der Waals surface area (Å²) in [6, 6.07) is 8.35. The van der Waals surface area contributed by atoms with Crippen LogP contribution in [0.15, 0.2) is 55.1 Å². The Kier molecular flexibility index (Phi) is 7.12. The summed E-state index contributed by atoms with van der Waals surface area (Å²) in [7, 11) is 0. The molecule has 1 N–H and O–H groups in total. The molecule has 35 heavy (non-hydrogen) atoms. The number of non-ortho nitro benzene ring substituents is 1. The number of piperidine rings is 1. The summed E-state index contributed by atoms with van der Waals surface area (Å²) in [5.74, 6) is -2.27. The van der Waals surface area contributed by atoms with E-state index in [1.807, 2.05) is 4.90 Å². The number of esters is 1. The SMILES string of the molecule is O=C(OC1CCN(CC(O)(Cn2cncn2)c2ccc(F)cc2F)CC1)c1cccc([N+](=O)[O-])c1. The summed E-state index contributed by atoms with van der Waals surface area (Å²) in [5, 5.41) is 26.4. The molecule has 12 heteroatoms. The molecule has 2 aromatic carbocycles. The number of nitrogens with zero attached hydrogens (tertiary/aromatic N) is 5. The molecule has 1 atom stereocenters. The smallest absolute Gasteiger partial charge is 0.338 e. The third kappa shape index (κ3) is 5.84. The average molecular weight is 487 g/mol. The number of carbonyl (C=O) groups excluding carboxylic acids is 1. The molecule has 10 nitrogen and oxygen atoms in total. The van der Waals surface area contributed by atoms with Crippen molar-refractivity contribution >= 4 is 11.7 Å². The lowest BCUT2D eigenvalue weighted by molar-refractivity contribution is -0.384. The van der Waals surface area contributed by atoms with Crippen LogP contribution in [0.4, 0.5) is 14.5 Å². The first-order chi connectivity index (χ1) is 16.7. The summed E-state index contributed by atoms with van der Waals surface area (Å²) >= 11 is 0. The molecule has 1 unspecified atom stereocenters. The van der Waals surface area contributed by atoms with Gasteiger partial charge in [-0.3, -0.25) is 15.0 Å². The molecule has 3 aromatic rings. The molecule has 4 rings (SSSR count). The second-order valence-electron chi connectivity index (χ2n) is 8.44. The fourth-order valence-corrected chi connectivity index (χ4v) is 4.19.